The number of nitrogens with one attached hydrogen (secondary N) is 2. The highest BCUT2D eigenvalue weighted by molar-refractivity contribution is 6.07. The van der Waals surface area contributed by atoms with Crippen LogP contribution in [0.2, 0.25) is 0 Å². The Morgan fingerprint density at radius 1 is 1.20 bits per heavy atom. The van der Waals surface area contributed by atoms with Crippen LogP contribution in [0.15, 0.2) is 24.3 Å². The SMILES string of the molecule is Cc1cc(NC(=O)c2ccc(O)c(C)c2)c(C(=O)O)[nH]1. The molecule has 1 amide bonds. The number of aromatic hydroxyl groups is 1. The van der Waals surface area contributed by atoms with Gasteiger partial charge in [-0.2, -0.15) is 0 Å². The van der Waals surface area contributed by atoms with Crippen LogP contribution >= 0.6 is 0 Å². The van der Waals surface area contributed by atoms with Gasteiger partial charge in [-0.1, -0.05) is 0 Å². The number of aromatic amines is 1. The van der Waals surface area contributed by atoms with Crippen molar-refractivity contribution in [3.05, 3.63) is 46.8 Å². The molecule has 0 aliphatic heterocycles. The number of aromatic nitrogens is 1. The van der Waals surface area contributed by atoms with Crippen LogP contribution in [0, 0.1) is 13.8 Å². The van der Waals surface area contributed by atoms with Crippen molar-refractivity contribution in [1.29, 1.82) is 0 Å². The predicted octanol–water partition coefficient (Wildman–Crippen LogP) is 2.29. The highest BCUT2D eigenvalue weighted by atomic mass is 16.4. The molecule has 0 fully saturated rings. The first-order valence-corrected chi connectivity index (χ1v) is 5.92. The topological polar surface area (TPSA) is 102 Å². The van der Waals surface area contributed by atoms with Gasteiger partial charge >= 0.3 is 5.97 Å². The molecule has 0 aliphatic rings. The fourth-order valence-electron chi connectivity index (χ4n) is 1.85. The number of carbonyl (C=O) groups is 2. The molecule has 4 N–H and O–H groups in total. The summed E-state index contributed by atoms with van der Waals surface area (Å²) < 4.78 is 0. The minimum atomic E-state index is -1.14. The van der Waals surface area contributed by atoms with Gasteiger partial charge in [-0.25, -0.2) is 4.79 Å². The van der Waals surface area contributed by atoms with Gasteiger partial charge in [-0.3, -0.25) is 4.79 Å². The molecule has 1 aromatic heterocycles. The van der Waals surface area contributed by atoms with Gasteiger partial charge in [-0.15, -0.1) is 0 Å². The summed E-state index contributed by atoms with van der Waals surface area (Å²) in [6.45, 7) is 3.38. The fourth-order valence-corrected chi connectivity index (χ4v) is 1.85. The van der Waals surface area contributed by atoms with E-state index in [0.717, 1.165) is 0 Å². The van der Waals surface area contributed by atoms with E-state index in [1.165, 1.54) is 18.2 Å². The highest BCUT2D eigenvalue weighted by Gasteiger charge is 2.16. The zero-order valence-electron chi connectivity index (χ0n) is 11.0. The third kappa shape index (κ3) is 2.64. The Hall–Kier alpha value is -2.76. The smallest absolute Gasteiger partial charge is 0.354 e. The van der Waals surface area contributed by atoms with Crippen LogP contribution in [0.1, 0.15) is 32.1 Å². The van der Waals surface area contributed by atoms with Gasteiger partial charge in [0.05, 0.1) is 5.69 Å². The van der Waals surface area contributed by atoms with Crippen molar-refractivity contribution >= 4 is 17.6 Å². The maximum absolute atomic E-state index is 12.1. The van der Waals surface area contributed by atoms with E-state index in [9.17, 15) is 14.7 Å². The summed E-state index contributed by atoms with van der Waals surface area (Å²) in [6, 6.07) is 5.97. The van der Waals surface area contributed by atoms with Crippen LogP contribution in [0.4, 0.5) is 5.69 Å². The lowest BCUT2D eigenvalue weighted by molar-refractivity contribution is 0.0692. The number of rotatable bonds is 3. The Kier molecular flexibility index (Phi) is 3.47. The Morgan fingerprint density at radius 2 is 1.90 bits per heavy atom. The number of H-pyrrole nitrogens is 1. The second-order valence-corrected chi connectivity index (χ2v) is 4.50. The molecule has 104 valence electrons. The van der Waals surface area contributed by atoms with Crippen molar-refractivity contribution in [3.8, 4) is 5.75 Å². The summed E-state index contributed by atoms with van der Waals surface area (Å²) in [5.74, 6) is -1.48. The van der Waals surface area contributed by atoms with Crippen molar-refractivity contribution < 1.29 is 19.8 Å². The lowest BCUT2D eigenvalue weighted by atomic mass is 10.1. The Labute approximate surface area is 115 Å². The summed E-state index contributed by atoms with van der Waals surface area (Å²) in [5, 5.41) is 21.0. The Balaban J connectivity index is 2.27. The van der Waals surface area contributed by atoms with Crippen molar-refractivity contribution in [2.24, 2.45) is 0 Å². The number of aromatic carboxylic acids is 1. The lowest BCUT2D eigenvalue weighted by Crippen LogP contribution is -2.14. The van der Waals surface area contributed by atoms with E-state index < -0.39 is 11.9 Å². The summed E-state index contributed by atoms with van der Waals surface area (Å²) in [4.78, 5) is 25.8. The normalized spacial score (nSPS) is 10.3. The Bertz CT molecular complexity index is 688. The van der Waals surface area contributed by atoms with Crippen molar-refractivity contribution in [3.63, 3.8) is 0 Å². The van der Waals surface area contributed by atoms with E-state index in [1.807, 2.05) is 0 Å². The lowest BCUT2D eigenvalue weighted by Gasteiger charge is -2.06. The molecule has 0 bridgehead atoms. The monoisotopic (exact) mass is 274 g/mol. The number of aryl methyl sites for hydroxylation is 2. The van der Waals surface area contributed by atoms with E-state index in [-0.39, 0.29) is 17.1 Å². The average molecular weight is 274 g/mol. The first-order valence-electron chi connectivity index (χ1n) is 5.92. The Morgan fingerprint density at radius 3 is 2.50 bits per heavy atom. The van der Waals surface area contributed by atoms with Crippen LogP contribution < -0.4 is 5.32 Å². The first kappa shape index (κ1) is 13.7. The number of anilines is 1. The maximum Gasteiger partial charge on any atom is 0.354 e. The van der Waals surface area contributed by atoms with E-state index in [0.29, 0.717) is 16.8 Å². The van der Waals surface area contributed by atoms with Crippen LogP contribution in [0.3, 0.4) is 0 Å². The van der Waals surface area contributed by atoms with Crippen LogP contribution in [-0.4, -0.2) is 27.1 Å². The summed E-state index contributed by atoms with van der Waals surface area (Å²) in [7, 11) is 0. The molecule has 1 aromatic carbocycles. The molecular formula is C14H14N2O4. The van der Waals surface area contributed by atoms with Crippen molar-refractivity contribution in [2.75, 3.05) is 5.32 Å². The van der Waals surface area contributed by atoms with Gasteiger partial charge in [0.25, 0.3) is 5.91 Å². The number of phenolic OH excluding ortho intramolecular Hbond substituents is 1. The van der Waals surface area contributed by atoms with Gasteiger partial charge < -0.3 is 20.5 Å². The molecule has 0 atom stereocenters. The molecule has 2 aromatic rings. The molecule has 0 spiro atoms. The molecule has 2 rings (SSSR count). The first-order chi connectivity index (χ1) is 9.38. The van der Waals surface area contributed by atoms with Gasteiger partial charge in [0.2, 0.25) is 0 Å². The zero-order chi connectivity index (χ0) is 14.9. The van der Waals surface area contributed by atoms with Crippen molar-refractivity contribution in [2.45, 2.75) is 13.8 Å². The molecular weight excluding hydrogens is 260 g/mol. The number of amides is 1. The summed E-state index contributed by atoms with van der Waals surface area (Å²) >= 11 is 0. The number of carboxylic acid groups (broad SMARTS) is 1. The number of phenols is 1. The van der Waals surface area contributed by atoms with Crippen LogP contribution in [-0.2, 0) is 0 Å². The second-order valence-electron chi connectivity index (χ2n) is 4.50. The number of benzene rings is 1. The predicted molar refractivity (Wildman–Crippen MR) is 73.3 cm³/mol. The fraction of sp³-hybridized carbons (Fsp3) is 0.143. The maximum atomic E-state index is 12.1. The number of hydrogen-bond donors (Lipinski definition) is 4. The molecule has 0 saturated carbocycles. The molecule has 6 heteroatoms. The number of carbonyl (C=O) groups excluding carboxylic acids is 1. The molecule has 20 heavy (non-hydrogen) atoms. The second kappa shape index (κ2) is 5.08. The van der Waals surface area contributed by atoms with Gasteiger partial charge in [-0.05, 0) is 43.7 Å². The standard InChI is InChI=1S/C14H14N2O4/c1-7-5-9(3-4-11(7)17)13(18)16-10-6-8(2)15-12(10)14(19)20/h3-6,15,17H,1-2H3,(H,16,18)(H,19,20). The largest absolute Gasteiger partial charge is 0.508 e. The molecule has 6 nitrogen and oxygen atoms in total. The summed E-state index contributed by atoms with van der Waals surface area (Å²) in [6.07, 6.45) is 0. The van der Waals surface area contributed by atoms with Crippen molar-refractivity contribution in [1.82, 2.24) is 4.98 Å². The van der Waals surface area contributed by atoms with Crippen LogP contribution in [0.5, 0.6) is 5.75 Å². The van der Waals surface area contributed by atoms with Gasteiger partial charge in [0.1, 0.15) is 11.4 Å². The third-order valence-electron chi connectivity index (χ3n) is 2.87. The van der Waals surface area contributed by atoms with Crippen LogP contribution in [0.25, 0.3) is 0 Å². The number of hydrogen-bond acceptors (Lipinski definition) is 3. The minimum Gasteiger partial charge on any atom is -0.508 e. The molecule has 0 saturated heterocycles. The van der Waals surface area contributed by atoms with Gasteiger partial charge in [0.15, 0.2) is 0 Å². The molecule has 0 unspecified atom stereocenters. The third-order valence-corrected chi connectivity index (χ3v) is 2.87. The van der Waals surface area contributed by atoms with E-state index in [4.69, 9.17) is 5.11 Å². The molecule has 0 radical (unpaired) electrons. The number of carboxylic acids is 1. The molecule has 1 heterocycles. The van der Waals surface area contributed by atoms with E-state index in [2.05, 4.69) is 10.3 Å². The van der Waals surface area contributed by atoms with E-state index in [1.54, 1.807) is 19.9 Å². The van der Waals surface area contributed by atoms with Gasteiger partial charge in [0, 0.05) is 11.3 Å². The summed E-state index contributed by atoms with van der Waals surface area (Å²) in [5.41, 5.74) is 1.70. The highest BCUT2D eigenvalue weighted by Crippen LogP contribution is 2.20. The zero-order valence-corrected chi connectivity index (χ0v) is 11.0. The average Bonchev–Trinajstić information content (AvgIpc) is 2.73. The molecule has 0 aliphatic carbocycles. The van der Waals surface area contributed by atoms with E-state index >= 15 is 0 Å². The minimum absolute atomic E-state index is 0.0636. The quantitative estimate of drug-likeness (QED) is 0.689.